The Bertz CT molecular complexity index is 635. The average Bonchev–Trinajstić information content (AvgIpc) is 2.86. The fraction of sp³-hybridized carbons (Fsp3) is 0.200. The quantitative estimate of drug-likeness (QED) is 0.849. The van der Waals surface area contributed by atoms with Crippen LogP contribution in [-0.4, -0.2) is 19.0 Å². The van der Waals surface area contributed by atoms with Crippen molar-refractivity contribution in [2.24, 2.45) is 0 Å². The van der Waals surface area contributed by atoms with E-state index in [1.807, 2.05) is 4.72 Å². The van der Waals surface area contributed by atoms with E-state index in [-0.39, 0.29) is 23.6 Å². The lowest BCUT2D eigenvalue weighted by Crippen LogP contribution is -2.16. The summed E-state index contributed by atoms with van der Waals surface area (Å²) in [6.45, 7) is -0.228. The number of nitrogens with one attached hydrogen (secondary N) is 1. The smallest absolute Gasteiger partial charge is 0.314 e. The molecule has 1 aromatic heterocycles. The molecule has 1 unspecified atom stereocenters. The lowest BCUT2D eigenvalue weighted by molar-refractivity contribution is 0.116. The first-order valence-electron chi connectivity index (χ1n) is 5.20. The first-order valence-corrected chi connectivity index (χ1v) is 6.28. The summed E-state index contributed by atoms with van der Waals surface area (Å²) in [6, 6.07) is 3.64. The van der Waals surface area contributed by atoms with Crippen molar-refractivity contribution in [2.75, 3.05) is 0 Å². The van der Waals surface area contributed by atoms with E-state index in [0.717, 1.165) is 6.07 Å². The second-order valence-electron chi connectivity index (χ2n) is 3.61. The average molecular weight is 306 g/mol. The Labute approximate surface area is 113 Å². The van der Waals surface area contributed by atoms with Crippen molar-refractivity contribution >= 4 is 11.3 Å². The largest absolute Gasteiger partial charge is 0.760 e. The third-order valence-electron chi connectivity index (χ3n) is 2.31. The van der Waals surface area contributed by atoms with Crippen LogP contribution in [0.5, 0.6) is 0 Å². The number of aromatic nitrogens is 2. The lowest BCUT2D eigenvalue weighted by Gasteiger charge is -2.08. The predicted molar refractivity (Wildman–Crippen MR) is 60.4 cm³/mol. The molecule has 0 aliphatic heterocycles. The van der Waals surface area contributed by atoms with Gasteiger partial charge in [-0.25, -0.2) is 9.11 Å². The van der Waals surface area contributed by atoms with Crippen molar-refractivity contribution in [2.45, 2.75) is 13.0 Å². The molecule has 20 heavy (non-hydrogen) atoms. The molecule has 2 rings (SSSR count). The van der Waals surface area contributed by atoms with E-state index >= 15 is 0 Å². The molecule has 10 heteroatoms. The Balaban J connectivity index is 2.21. The Morgan fingerprint density at radius 2 is 2.15 bits per heavy atom. The number of alkyl halides is 2. The zero-order valence-corrected chi connectivity index (χ0v) is 10.5. The normalized spacial score (nSPS) is 12.8. The summed E-state index contributed by atoms with van der Waals surface area (Å²) in [7, 11) is 0. The second-order valence-corrected chi connectivity index (χ2v) is 4.37. The van der Waals surface area contributed by atoms with Crippen molar-refractivity contribution in [3.8, 4) is 11.5 Å². The van der Waals surface area contributed by atoms with Crippen molar-refractivity contribution in [3.63, 3.8) is 0 Å². The number of hydrogen-bond donors (Lipinski definition) is 1. The number of benzene rings is 1. The van der Waals surface area contributed by atoms with Crippen LogP contribution >= 0.6 is 0 Å². The van der Waals surface area contributed by atoms with E-state index in [0.29, 0.717) is 0 Å². The minimum absolute atomic E-state index is 0.0894. The molecule has 1 N–H and O–H groups in total. The SMILES string of the molecule is O=S([O-])NCc1ccc(-c2nnc(C(F)F)o2)cc1F. The molecular formula is C10H7F3N3O3S-. The Kier molecular flexibility index (Phi) is 4.47. The van der Waals surface area contributed by atoms with Crippen LogP contribution in [0, 0.1) is 5.82 Å². The van der Waals surface area contributed by atoms with E-state index < -0.39 is 29.4 Å². The summed E-state index contributed by atoms with van der Waals surface area (Å²) >= 11 is -2.51. The van der Waals surface area contributed by atoms with Crippen molar-refractivity contribution in [3.05, 3.63) is 35.5 Å². The molecule has 0 fully saturated rings. The summed E-state index contributed by atoms with van der Waals surface area (Å²) in [5.74, 6) is -1.82. The topological polar surface area (TPSA) is 91.1 Å². The fourth-order valence-corrected chi connectivity index (χ4v) is 1.67. The van der Waals surface area contributed by atoms with Gasteiger partial charge in [-0.05, 0) is 12.1 Å². The summed E-state index contributed by atoms with van der Waals surface area (Å²) in [4.78, 5) is 0. The molecule has 0 amide bonds. The third kappa shape index (κ3) is 3.40. The zero-order valence-electron chi connectivity index (χ0n) is 9.68. The zero-order chi connectivity index (χ0) is 14.7. The summed E-state index contributed by atoms with van der Waals surface area (Å²) in [5, 5.41) is 6.50. The van der Waals surface area contributed by atoms with Crippen LogP contribution in [0.3, 0.4) is 0 Å². The van der Waals surface area contributed by atoms with Gasteiger partial charge in [0, 0.05) is 28.9 Å². The highest BCUT2D eigenvalue weighted by Gasteiger charge is 2.17. The standard InChI is InChI=1S/C10H8F3N3O3S/c11-7-3-5(1-2-6(7)4-14-20(17)18)9-15-16-10(19-9)8(12)13/h1-3,8,14H,4H2,(H,17,18)/p-1. The lowest BCUT2D eigenvalue weighted by atomic mass is 10.1. The number of rotatable bonds is 5. The number of halogens is 3. The van der Waals surface area contributed by atoms with Gasteiger partial charge in [-0.2, -0.15) is 8.78 Å². The minimum Gasteiger partial charge on any atom is -0.760 e. The maximum absolute atomic E-state index is 13.7. The summed E-state index contributed by atoms with van der Waals surface area (Å²) < 4.78 is 65.5. The van der Waals surface area contributed by atoms with E-state index in [4.69, 9.17) is 0 Å². The summed E-state index contributed by atoms with van der Waals surface area (Å²) in [6.07, 6.45) is -2.91. The van der Waals surface area contributed by atoms with Gasteiger partial charge in [-0.15, -0.1) is 10.2 Å². The van der Waals surface area contributed by atoms with Gasteiger partial charge in [0.15, 0.2) is 0 Å². The van der Waals surface area contributed by atoms with Crippen molar-refractivity contribution in [1.82, 2.24) is 14.9 Å². The Morgan fingerprint density at radius 1 is 1.40 bits per heavy atom. The molecule has 1 heterocycles. The monoisotopic (exact) mass is 306 g/mol. The molecule has 0 aliphatic rings. The highest BCUT2D eigenvalue weighted by Crippen LogP contribution is 2.24. The van der Waals surface area contributed by atoms with Crippen LogP contribution < -0.4 is 4.72 Å². The van der Waals surface area contributed by atoms with Crippen LogP contribution in [0.2, 0.25) is 0 Å². The van der Waals surface area contributed by atoms with E-state index in [2.05, 4.69) is 14.6 Å². The van der Waals surface area contributed by atoms with E-state index in [1.165, 1.54) is 12.1 Å². The highest BCUT2D eigenvalue weighted by atomic mass is 32.2. The molecule has 0 spiro atoms. The molecule has 0 saturated carbocycles. The van der Waals surface area contributed by atoms with E-state index in [9.17, 15) is 21.9 Å². The first-order chi connectivity index (χ1) is 9.47. The fourth-order valence-electron chi connectivity index (χ4n) is 1.40. The third-order valence-corrected chi connectivity index (χ3v) is 2.69. The molecule has 0 aliphatic carbocycles. The van der Waals surface area contributed by atoms with Gasteiger partial charge in [-0.3, -0.25) is 4.21 Å². The molecular weight excluding hydrogens is 299 g/mol. The molecule has 0 saturated heterocycles. The molecule has 2 aromatic rings. The number of hydrogen-bond acceptors (Lipinski definition) is 5. The number of nitrogens with zero attached hydrogens (tertiary/aromatic N) is 2. The molecule has 0 bridgehead atoms. The Morgan fingerprint density at radius 3 is 2.70 bits per heavy atom. The van der Waals surface area contributed by atoms with Gasteiger partial charge in [0.2, 0.25) is 5.89 Å². The second kappa shape index (κ2) is 6.11. The van der Waals surface area contributed by atoms with Crippen molar-refractivity contribution in [1.29, 1.82) is 0 Å². The molecule has 6 nitrogen and oxygen atoms in total. The minimum atomic E-state index is -2.91. The van der Waals surface area contributed by atoms with Crippen LogP contribution in [0.15, 0.2) is 22.6 Å². The van der Waals surface area contributed by atoms with Gasteiger partial charge in [0.1, 0.15) is 5.82 Å². The molecule has 1 atom stereocenters. The maximum Gasteiger partial charge on any atom is 0.314 e. The first kappa shape index (κ1) is 14.6. The highest BCUT2D eigenvalue weighted by molar-refractivity contribution is 7.77. The van der Waals surface area contributed by atoms with Gasteiger partial charge in [0.25, 0.3) is 5.89 Å². The maximum atomic E-state index is 13.7. The summed E-state index contributed by atoms with van der Waals surface area (Å²) in [5.41, 5.74) is 0.209. The molecule has 0 radical (unpaired) electrons. The van der Waals surface area contributed by atoms with Crippen LogP contribution in [0.1, 0.15) is 17.9 Å². The van der Waals surface area contributed by atoms with Gasteiger partial charge < -0.3 is 8.97 Å². The van der Waals surface area contributed by atoms with Crippen molar-refractivity contribution < 1.29 is 26.4 Å². The Hall–Kier alpha value is -1.78. The van der Waals surface area contributed by atoms with Crippen LogP contribution in [0.25, 0.3) is 11.5 Å². The predicted octanol–water partition coefficient (Wildman–Crippen LogP) is 1.70. The van der Waals surface area contributed by atoms with Crippen LogP contribution in [0.4, 0.5) is 13.2 Å². The molecule has 108 valence electrons. The van der Waals surface area contributed by atoms with Crippen LogP contribution in [-0.2, 0) is 17.8 Å². The van der Waals surface area contributed by atoms with Gasteiger partial charge in [-0.1, -0.05) is 6.07 Å². The van der Waals surface area contributed by atoms with E-state index in [1.54, 1.807) is 0 Å². The van der Waals surface area contributed by atoms with Gasteiger partial charge in [0.05, 0.1) is 0 Å². The molecule has 1 aromatic carbocycles. The van der Waals surface area contributed by atoms with Gasteiger partial charge >= 0.3 is 6.43 Å².